The van der Waals surface area contributed by atoms with Crippen molar-refractivity contribution in [3.63, 3.8) is 0 Å². The van der Waals surface area contributed by atoms with Crippen molar-refractivity contribution in [3.05, 3.63) is 11.8 Å². The summed E-state index contributed by atoms with van der Waals surface area (Å²) in [4.78, 5) is 0. The molecule has 4 rings (SSSR count). The van der Waals surface area contributed by atoms with Crippen LogP contribution in [0, 0.1) is 35.0 Å². The van der Waals surface area contributed by atoms with Crippen LogP contribution in [0.25, 0.3) is 0 Å². The average Bonchev–Trinajstić information content (AvgIpc) is 3.28. The van der Waals surface area contributed by atoms with E-state index in [9.17, 15) is 4.57 Å². The Kier molecular flexibility index (Phi) is 6.97. The van der Waals surface area contributed by atoms with E-state index < -0.39 is 13.6 Å². The van der Waals surface area contributed by atoms with Gasteiger partial charge in [0.05, 0.1) is 26.4 Å². The molecule has 6 nitrogen and oxygen atoms in total. The number of ether oxygens (including phenoxy) is 2. The van der Waals surface area contributed by atoms with Crippen LogP contribution in [0.1, 0.15) is 73.1 Å². The van der Waals surface area contributed by atoms with Gasteiger partial charge in [0.2, 0.25) is 0 Å². The minimum Gasteiger partial charge on any atom is -0.408 e. The van der Waals surface area contributed by atoms with Gasteiger partial charge in [0, 0.05) is 17.8 Å². The van der Waals surface area contributed by atoms with Gasteiger partial charge >= 0.3 is 7.82 Å². The largest absolute Gasteiger partial charge is 0.529 e. The molecule has 2 saturated carbocycles. The van der Waals surface area contributed by atoms with Gasteiger partial charge in [-0.3, -0.25) is 9.05 Å². The van der Waals surface area contributed by atoms with Gasteiger partial charge in [-0.2, -0.15) is 0 Å². The standard InChI is InChI=1S/C24H41O6P/c1-6-28-31(25,29-7-2)30-21-16-20-19(10-8-9-12-24(20)26-14-15-27-24)22-18(17(3)4)11-13-23(21,22)5/h16-20,22H,6-15H2,1-5H3/t18-,19+,20+,22+,23-/m1/s1. The number of fused-ring (bicyclic) bond motifs is 4. The zero-order chi connectivity index (χ0) is 22.3. The van der Waals surface area contributed by atoms with Gasteiger partial charge in [-0.1, -0.05) is 27.2 Å². The van der Waals surface area contributed by atoms with Gasteiger partial charge in [0.15, 0.2) is 5.79 Å². The lowest BCUT2D eigenvalue weighted by atomic mass is 9.58. The first-order chi connectivity index (χ1) is 14.8. The highest BCUT2D eigenvalue weighted by Crippen LogP contribution is 2.67. The van der Waals surface area contributed by atoms with E-state index in [4.69, 9.17) is 23.0 Å². The maximum atomic E-state index is 13.4. The van der Waals surface area contributed by atoms with Crippen molar-refractivity contribution in [2.75, 3.05) is 26.4 Å². The Morgan fingerprint density at radius 2 is 1.77 bits per heavy atom. The number of allylic oxidation sites excluding steroid dienone is 1. The highest BCUT2D eigenvalue weighted by atomic mass is 31.2. The summed E-state index contributed by atoms with van der Waals surface area (Å²) in [6.45, 7) is 12.4. The van der Waals surface area contributed by atoms with Gasteiger partial charge in [0.1, 0.15) is 5.76 Å². The summed E-state index contributed by atoms with van der Waals surface area (Å²) in [7, 11) is -3.67. The van der Waals surface area contributed by atoms with Crippen molar-refractivity contribution in [2.24, 2.45) is 35.0 Å². The van der Waals surface area contributed by atoms with Crippen LogP contribution in [-0.2, 0) is 27.6 Å². The Morgan fingerprint density at radius 1 is 1.10 bits per heavy atom. The first kappa shape index (κ1) is 23.8. The van der Waals surface area contributed by atoms with Crippen LogP contribution in [0.4, 0.5) is 0 Å². The number of phosphoric acid groups is 1. The molecule has 3 fully saturated rings. The zero-order valence-electron chi connectivity index (χ0n) is 19.9. The third kappa shape index (κ3) is 4.17. The van der Waals surface area contributed by atoms with Crippen LogP contribution in [0.3, 0.4) is 0 Å². The number of hydrogen-bond acceptors (Lipinski definition) is 6. The summed E-state index contributed by atoms with van der Waals surface area (Å²) >= 11 is 0. The van der Waals surface area contributed by atoms with E-state index in [0.29, 0.717) is 36.9 Å². The van der Waals surface area contributed by atoms with Crippen molar-refractivity contribution in [3.8, 4) is 0 Å². The van der Waals surface area contributed by atoms with Crippen molar-refractivity contribution in [1.29, 1.82) is 0 Å². The Morgan fingerprint density at radius 3 is 2.39 bits per heavy atom. The van der Waals surface area contributed by atoms with Gasteiger partial charge in [-0.15, -0.1) is 0 Å². The minimum atomic E-state index is -3.67. The number of phosphoric ester groups is 1. The first-order valence-corrected chi connectivity index (χ1v) is 13.8. The van der Waals surface area contributed by atoms with Crippen LogP contribution in [-0.4, -0.2) is 32.2 Å². The van der Waals surface area contributed by atoms with E-state index in [-0.39, 0.29) is 24.5 Å². The molecule has 0 aromatic rings. The van der Waals surface area contributed by atoms with Crippen LogP contribution in [0.2, 0.25) is 0 Å². The summed E-state index contributed by atoms with van der Waals surface area (Å²) in [6.07, 6.45) is 8.79. The summed E-state index contributed by atoms with van der Waals surface area (Å²) in [5.74, 6) is 2.39. The predicted molar refractivity (Wildman–Crippen MR) is 119 cm³/mol. The van der Waals surface area contributed by atoms with E-state index in [1.54, 1.807) is 0 Å². The molecule has 4 aliphatic rings. The number of rotatable bonds is 7. The Balaban J connectivity index is 1.79. The molecular formula is C24H41O6P. The monoisotopic (exact) mass is 456 g/mol. The average molecular weight is 457 g/mol. The lowest BCUT2D eigenvalue weighted by molar-refractivity contribution is -0.207. The number of hydrogen-bond donors (Lipinski definition) is 0. The van der Waals surface area contributed by atoms with Gasteiger partial charge in [-0.05, 0) is 69.3 Å². The highest BCUT2D eigenvalue weighted by molar-refractivity contribution is 7.48. The quantitative estimate of drug-likeness (QED) is 0.418. The lowest BCUT2D eigenvalue weighted by Crippen LogP contribution is -2.50. The third-order valence-electron chi connectivity index (χ3n) is 8.25. The summed E-state index contributed by atoms with van der Waals surface area (Å²) in [5, 5.41) is 0. The van der Waals surface area contributed by atoms with Gasteiger partial charge in [0.25, 0.3) is 0 Å². The molecule has 1 saturated heterocycles. The molecule has 0 aromatic carbocycles. The van der Waals surface area contributed by atoms with Gasteiger partial charge < -0.3 is 14.0 Å². The molecule has 0 unspecified atom stereocenters. The van der Waals surface area contributed by atoms with E-state index >= 15 is 0 Å². The van der Waals surface area contributed by atoms with E-state index in [1.807, 2.05) is 13.8 Å². The fourth-order valence-electron chi connectivity index (χ4n) is 7.01. The molecule has 1 heterocycles. The van der Waals surface area contributed by atoms with Crippen molar-refractivity contribution < 1.29 is 27.6 Å². The summed E-state index contributed by atoms with van der Waals surface area (Å²) < 4.78 is 43.4. The Labute approximate surface area is 188 Å². The second-order valence-corrected chi connectivity index (χ2v) is 11.8. The topological polar surface area (TPSA) is 63.2 Å². The van der Waals surface area contributed by atoms with Crippen LogP contribution in [0.5, 0.6) is 0 Å². The fourth-order valence-corrected chi connectivity index (χ4v) is 8.33. The normalized spacial score (nSPS) is 37.4. The summed E-state index contributed by atoms with van der Waals surface area (Å²) in [5.41, 5.74) is -0.176. The maximum Gasteiger partial charge on any atom is 0.529 e. The molecule has 3 aliphatic carbocycles. The molecular weight excluding hydrogens is 415 g/mol. The van der Waals surface area contributed by atoms with Crippen molar-refractivity contribution in [1.82, 2.24) is 0 Å². The molecule has 0 N–H and O–H groups in total. The fraction of sp³-hybridized carbons (Fsp3) is 0.917. The summed E-state index contributed by atoms with van der Waals surface area (Å²) in [6, 6.07) is 0. The molecule has 0 bridgehead atoms. The van der Waals surface area contributed by atoms with Crippen LogP contribution < -0.4 is 0 Å². The molecule has 178 valence electrons. The maximum absolute atomic E-state index is 13.4. The highest BCUT2D eigenvalue weighted by Gasteiger charge is 2.62. The molecule has 31 heavy (non-hydrogen) atoms. The molecule has 0 amide bonds. The second kappa shape index (κ2) is 9.10. The molecule has 1 aliphatic heterocycles. The Hall–Kier alpha value is -0.390. The van der Waals surface area contributed by atoms with Gasteiger partial charge in [-0.25, -0.2) is 4.57 Å². The smallest absolute Gasteiger partial charge is 0.408 e. The van der Waals surface area contributed by atoms with E-state index in [2.05, 4.69) is 26.8 Å². The molecule has 0 radical (unpaired) electrons. The first-order valence-electron chi connectivity index (χ1n) is 12.4. The lowest BCUT2D eigenvalue weighted by Gasteiger charge is -2.50. The predicted octanol–water partition coefficient (Wildman–Crippen LogP) is 6.32. The van der Waals surface area contributed by atoms with Crippen LogP contribution >= 0.6 is 7.82 Å². The molecule has 5 atom stereocenters. The van der Waals surface area contributed by atoms with Crippen molar-refractivity contribution in [2.45, 2.75) is 78.9 Å². The van der Waals surface area contributed by atoms with Crippen molar-refractivity contribution >= 4 is 7.82 Å². The molecule has 7 heteroatoms. The van der Waals surface area contributed by atoms with Crippen LogP contribution in [0.15, 0.2) is 11.8 Å². The Bertz CT molecular complexity index is 705. The molecule has 1 spiro atoms. The minimum absolute atomic E-state index is 0.0987. The second-order valence-electron chi connectivity index (χ2n) is 10.2. The van der Waals surface area contributed by atoms with E-state index in [1.165, 1.54) is 12.8 Å². The zero-order valence-corrected chi connectivity index (χ0v) is 20.8. The molecule has 0 aromatic heterocycles. The third-order valence-corrected chi connectivity index (χ3v) is 9.82. The van der Waals surface area contributed by atoms with E-state index in [0.717, 1.165) is 31.4 Å². The SMILES string of the molecule is CCOP(=O)(OCC)OC1=C[C@H]2[C@H](CCCCC23OCCO3)[C@@H]2[C@@H](C(C)C)CC[C@]12C.